The third kappa shape index (κ3) is 5.54. The van der Waals surface area contributed by atoms with Crippen molar-refractivity contribution in [2.24, 2.45) is 0 Å². The molecule has 0 aliphatic carbocycles. The maximum Gasteiger partial charge on any atom is 0.337 e. The molecular weight excluding hydrogens is 344 g/mol. The van der Waals surface area contributed by atoms with Crippen LogP contribution in [-0.2, 0) is 14.3 Å². The Morgan fingerprint density at radius 2 is 1.63 bits per heavy atom. The lowest BCUT2D eigenvalue weighted by molar-refractivity contribution is -0.114. The van der Waals surface area contributed by atoms with Gasteiger partial charge in [0.15, 0.2) is 0 Å². The number of aryl methyl sites for hydroxylation is 2. The molecule has 6 heteroatoms. The van der Waals surface area contributed by atoms with Crippen molar-refractivity contribution in [1.29, 1.82) is 0 Å². The Balaban J connectivity index is 2.02. The topological polar surface area (TPSA) is 84.5 Å². The molecule has 0 radical (unpaired) electrons. The Hall–Kier alpha value is -3.41. The molecule has 0 spiro atoms. The fourth-order valence-corrected chi connectivity index (χ4v) is 2.34. The quantitative estimate of drug-likeness (QED) is 0.625. The average molecular weight is 366 g/mol. The van der Waals surface area contributed by atoms with Gasteiger partial charge in [-0.15, -0.1) is 0 Å². The SMILES string of the molecule is COC(=O)c1ccc(NC(=O)/C(C)=C/C(=O)Nc2cc(C)ccc2C)cc1. The Morgan fingerprint density at radius 1 is 0.963 bits per heavy atom. The lowest BCUT2D eigenvalue weighted by Gasteiger charge is -2.09. The van der Waals surface area contributed by atoms with Crippen molar-refractivity contribution in [1.82, 2.24) is 0 Å². The smallest absolute Gasteiger partial charge is 0.337 e. The highest BCUT2D eigenvalue weighted by Crippen LogP contribution is 2.17. The summed E-state index contributed by atoms with van der Waals surface area (Å²) in [4.78, 5) is 35.8. The molecule has 27 heavy (non-hydrogen) atoms. The largest absolute Gasteiger partial charge is 0.465 e. The molecule has 0 fully saturated rings. The van der Waals surface area contributed by atoms with E-state index in [-0.39, 0.29) is 11.5 Å². The predicted molar refractivity (Wildman–Crippen MR) is 105 cm³/mol. The lowest BCUT2D eigenvalue weighted by atomic mass is 10.1. The van der Waals surface area contributed by atoms with Crippen molar-refractivity contribution < 1.29 is 19.1 Å². The molecular formula is C21H22N2O4. The minimum atomic E-state index is -0.452. The normalized spacial score (nSPS) is 10.9. The molecule has 140 valence electrons. The molecule has 2 aromatic rings. The van der Waals surface area contributed by atoms with E-state index in [1.807, 2.05) is 32.0 Å². The van der Waals surface area contributed by atoms with Gasteiger partial charge in [-0.3, -0.25) is 9.59 Å². The van der Waals surface area contributed by atoms with Crippen LogP contribution in [0.25, 0.3) is 0 Å². The highest BCUT2D eigenvalue weighted by Gasteiger charge is 2.10. The highest BCUT2D eigenvalue weighted by atomic mass is 16.5. The van der Waals surface area contributed by atoms with Gasteiger partial charge in [0, 0.05) is 23.0 Å². The van der Waals surface area contributed by atoms with Crippen molar-refractivity contribution in [3.05, 3.63) is 70.8 Å². The summed E-state index contributed by atoms with van der Waals surface area (Å²) in [5, 5.41) is 5.46. The summed E-state index contributed by atoms with van der Waals surface area (Å²) >= 11 is 0. The van der Waals surface area contributed by atoms with Crippen molar-refractivity contribution in [2.75, 3.05) is 17.7 Å². The molecule has 6 nitrogen and oxygen atoms in total. The fraction of sp³-hybridized carbons (Fsp3) is 0.190. The van der Waals surface area contributed by atoms with Crippen molar-refractivity contribution in [2.45, 2.75) is 20.8 Å². The molecule has 0 aromatic heterocycles. The highest BCUT2D eigenvalue weighted by molar-refractivity contribution is 6.10. The van der Waals surface area contributed by atoms with Gasteiger partial charge in [-0.1, -0.05) is 12.1 Å². The second-order valence-corrected chi connectivity index (χ2v) is 6.16. The molecule has 0 saturated heterocycles. The van der Waals surface area contributed by atoms with Gasteiger partial charge in [0.05, 0.1) is 12.7 Å². The summed E-state index contributed by atoms with van der Waals surface area (Å²) < 4.78 is 4.62. The first kappa shape index (κ1) is 19.9. The Labute approximate surface area is 158 Å². The molecule has 0 bridgehead atoms. The zero-order valence-electron chi connectivity index (χ0n) is 15.8. The van der Waals surface area contributed by atoms with E-state index in [4.69, 9.17) is 0 Å². The van der Waals surface area contributed by atoms with Crippen LogP contribution >= 0.6 is 0 Å². The first-order chi connectivity index (χ1) is 12.8. The zero-order chi connectivity index (χ0) is 20.0. The van der Waals surface area contributed by atoms with Crippen molar-refractivity contribution in [3.63, 3.8) is 0 Å². The van der Waals surface area contributed by atoms with Crippen LogP contribution in [0.1, 0.15) is 28.4 Å². The van der Waals surface area contributed by atoms with Crippen LogP contribution in [0, 0.1) is 13.8 Å². The molecule has 2 amide bonds. The second-order valence-electron chi connectivity index (χ2n) is 6.16. The van der Waals surface area contributed by atoms with Crippen molar-refractivity contribution in [3.8, 4) is 0 Å². The van der Waals surface area contributed by atoms with E-state index in [1.165, 1.54) is 13.2 Å². The molecule has 2 aromatic carbocycles. The summed E-state index contributed by atoms with van der Waals surface area (Å²) in [6.45, 7) is 5.40. The van der Waals surface area contributed by atoms with Crippen LogP contribution < -0.4 is 10.6 Å². The molecule has 2 rings (SSSR count). The number of carbonyl (C=O) groups is 3. The molecule has 0 aliphatic heterocycles. The molecule has 2 N–H and O–H groups in total. The van der Waals surface area contributed by atoms with Gasteiger partial charge < -0.3 is 15.4 Å². The number of nitrogens with one attached hydrogen (secondary N) is 2. The number of rotatable bonds is 5. The van der Waals surface area contributed by atoms with Crippen LogP contribution in [0.5, 0.6) is 0 Å². The summed E-state index contributed by atoms with van der Waals surface area (Å²) in [5.74, 6) is -1.23. The van der Waals surface area contributed by atoms with Crippen LogP contribution in [0.15, 0.2) is 54.1 Å². The van der Waals surface area contributed by atoms with E-state index in [0.29, 0.717) is 16.9 Å². The van der Waals surface area contributed by atoms with E-state index in [2.05, 4.69) is 15.4 Å². The summed E-state index contributed by atoms with van der Waals surface area (Å²) in [7, 11) is 1.30. The van der Waals surface area contributed by atoms with E-state index in [1.54, 1.807) is 31.2 Å². The number of esters is 1. The van der Waals surface area contributed by atoms with Crippen LogP contribution in [0.2, 0.25) is 0 Å². The average Bonchev–Trinajstić information content (AvgIpc) is 2.64. The minimum absolute atomic E-state index is 0.259. The maximum absolute atomic E-state index is 12.2. The number of ether oxygens (including phenoxy) is 1. The number of anilines is 2. The number of methoxy groups -OCH3 is 1. The zero-order valence-corrected chi connectivity index (χ0v) is 15.8. The Morgan fingerprint density at radius 3 is 2.26 bits per heavy atom. The standard InChI is InChI=1S/C21H22N2O4/c1-13-5-6-14(2)18(11-13)23-19(24)12-15(3)20(25)22-17-9-7-16(8-10-17)21(26)27-4/h5-12H,1-4H3,(H,22,25)(H,23,24)/b15-12+. The van der Waals surface area contributed by atoms with E-state index in [9.17, 15) is 14.4 Å². The van der Waals surface area contributed by atoms with E-state index in [0.717, 1.165) is 11.1 Å². The minimum Gasteiger partial charge on any atom is -0.465 e. The van der Waals surface area contributed by atoms with Gasteiger partial charge >= 0.3 is 5.97 Å². The van der Waals surface area contributed by atoms with Gasteiger partial charge in [0.2, 0.25) is 5.91 Å². The molecule has 0 aliphatic rings. The van der Waals surface area contributed by atoms with Crippen LogP contribution in [0.3, 0.4) is 0 Å². The molecule has 0 unspecified atom stereocenters. The van der Waals surface area contributed by atoms with Crippen LogP contribution in [-0.4, -0.2) is 24.9 Å². The number of amides is 2. The molecule has 0 atom stereocenters. The summed E-state index contributed by atoms with van der Waals surface area (Å²) in [6.07, 6.45) is 1.25. The fourth-order valence-electron chi connectivity index (χ4n) is 2.34. The van der Waals surface area contributed by atoms with Crippen LogP contribution in [0.4, 0.5) is 11.4 Å². The van der Waals surface area contributed by atoms with E-state index < -0.39 is 11.9 Å². The maximum atomic E-state index is 12.2. The first-order valence-electron chi connectivity index (χ1n) is 8.36. The Bertz CT molecular complexity index is 899. The molecule has 0 saturated carbocycles. The predicted octanol–water partition coefficient (Wildman–Crippen LogP) is 3.61. The van der Waals surface area contributed by atoms with Crippen molar-refractivity contribution >= 4 is 29.2 Å². The third-order valence-electron chi connectivity index (χ3n) is 3.92. The Kier molecular flexibility index (Phi) is 6.49. The summed E-state index contributed by atoms with van der Waals surface area (Å²) in [5.41, 5.74) is 3.84. The van der Waals surface area contributed by atoms with E-state index >= 15 is 0 Å². The number of hydrogen-bond acceptors (Lipinski definition) is 4. The monoisotopic (exact) mass is 366 g/mol. The van der Waals surface area contributed by atoms with Gasteiger partial charge in [0.25, 0.3) is 5.91 Å². The number of benzene rings is 2. The van der Waals surface area contributed by atoms with Gasteiger partial charge in [-0.05, 0) is 62.2 Å². The summed E-state index contributed by atoms with van der Waals surface area (Å²) in [6, 6.07) is 12.0. The first-order valence-corrected chi connectivity index (χ1v) is 8.36. The lowest BCUT2D eigenvalue weighted by Crippen LogP contribution is -2.16. The second kappa shape index (κ2) is 8.80. The third-order valence-corrected chi connectivity index (χ3v) is 3.92. The van der Waals surface area contributed by atoms with Gasteiger partial charge in [-0.2, -0.15) is 0 Å². The van der Waals surface area contributed by atoms with Gasteiger partial charge in [-0.25, -0.2) is 4.79 Å². The molecule has 0 heterocycles. The van der Waals surface area contributed by atoms with Gasteiger partial charge in [0.1, 0.15) is 0 Å². The number of carbonyl (C=O) groups excluding carboxylic acids is 3. The number of hydrogen-bond donors (Lipinski definition) is 2.